The van der Waals surface area contributed by atoms with Gasteiger partial charge in [0, 0.05) is 21.8 Å². The number of hydrogen-bond acceptors (Lipinski definition) is 2. The van der Waals surface area contributed by atoms with Gasteiger partial charge in [-0.25, -0.2) is 4.79 Å². The number of carbonyl (C=O) groups excluding carboxylic acids is 1. The molecule has 2 N–H and O–H groups in total. The lowest BCUT2D eigenvalue weighted by molar-refractivity contribution is 0.0823. The Morgan fingerprint density at radius 3 is 2.24 bits per heavy atom. The molecule has 1 aliphatic rings. The van der Waals surface area contributed by atoms with E-state index in [1.165, 1.54) is 4.90 Å². The second-order valence-electron chi connectivity index (χ2n) is 5.83. The standard InChI is InChI=1S/C20H15ClN2O2/c21-15-11-12-18-17(13-15)20(25,14-7-3-1-4-8-14)23(19(24)22-18)16-9-5-2-6-10-16/h1-13,25H,(H,22,24). The first-order valence-corrected chi connectivity index (χ1v) is 8.22. The van der Waals surface area contributed by atoms with Crippen molar-refractivity contribution in [1.82, 2.24) is 0 Å². The molecule has 124 valence electrons. The first-order chi connectivity index (χ1) is 12.1. The molecular weight excluding hydrogens is 336 g/mol. The Hall–Kier alpha value is -2.82. The Balaban J connectivity index is 2.02. The molecule has 3 aromatic rings. The zero-order valence-corrected chi connectivity index (χ0v) is 13.9. The molecule has 25 heavy (non-hydrogen) atoms. The lowest BCUT2D eigenvalue weighted by Gasteiger charge is -2.44. The summed E-state index contributed by atoms with van der Waals surface area (Å²) in [5.74, 6) is 0. The SMILES string of the molecule is O=C1Nc2ccc(Cl)cc2C(O)(c2ccccc2)N1c1ccccc1. The lowest BCUT2D eigenvalue weighted by Crippen LogP contribution is -2.56. The van der Waals surface area contributed by atoms with Crippen LogP contribution in [-0.4, -0.2) is 11.1 Å². The second-order valence-corrected chi connectivity index (χ2v) is 6.27. The number of carbonyl (C=O) groups is 1. The van der Waals surface area contributed by atoms with Crippen LogP contribution in [0.3, 0.4) is 0 Å². The fraction of sp³-hybridized carbons (Fsp3) is 0.0500. The van der Waals surface area contributed by atoms with Crippen LogP contribution in [0.4, 0.5) is 16.2 Å². The van der Waals surface area contributed by atoms with E-state index in [1.807, 2.05) is 36.4 Å². The van der Waals surface area contributed by atoms with E-state index in [1.54, 1.807) is 42.5 Å². The van der Waals surface area contributed by atoms with E-state index in [9.17, 15) is 9.90 Å². The van der Waals surface area contributed by atoms with Crippen molar-refractivity contribution in [2.75, 3.05) is 10.2 Å². The number of fused-ring (bicyclic) bond motifs is 1. The molecule has 0 aliphatic carbocycles. The number of nitrogens with one attached hydrogen (secondary N) is 1. The molecule has 0 bridgehead atoms. The largest absolute Gasteiger partial charge is 0.363 e. The van der Waals surface area contributed by atoms with Gasteiger partial charge < -0.3 is 10.4 Å². The van der Waals surface area contributed by atoms with Crippen LogP contribution in [0.1, 0.15) is 11.1 Å². The number of hydrogen-bond donors (Lipinski definition) is 2. The number of nitrogens with zero attached hydrogens (tertiary/aromatic N) is 1. The van der Waals surface area contributed by atoms with Crippen LogP contribution in [0.5, 0.6) is 0 Å². The summed E-state index contributed by atoms with van der Waals surface area (Å²) in [5.41, 5.74) is 0.544. The van der Waals surface area contributed by atoms with Crippen molar-refractivity contribution in [2.45, 2.75) is 5.72 Å². The van der Waals surface area contributed by atoms with Crippen molar-refractivity contribution < 1.29 is 9.90 Å². The highest BCUT2D eigenvalue weighted by Gasteiger charge is 2.47. The summed E-state index contributed by atoms with van der Waals surface area (Å²) >= 11 is 6.18. The summed E-state index contributed by atoms with van der Waals surface area (Å²) < 4.78 is 0. The monoisotopic (exact) mass is 350 g/mol. The van der Waals surface area contributed by atoms with Gasteiger partial charge in [-0.15, -0.1) is 0 Å². The van der Waals surface area contributed by atoms with Gasteiger partial charge in [0.15, 0.2) is 0 Å². The van der Waals surface area contributed by atoms with E-state index in [4.69, 9.17) is 11.6 Å². The lowest BCUT2D eigenvalue weighted by atomic mass is 9.89. The van der Waals surface area contributed by atoms with Gasteiger partial charge in [-0.1, -0.05) is 60.1 Å². The molecule has 0 aromatic heterocycles. The molecule has 4 rings (SSSR count). The molecule has 0 saturated heterocycles. The van der Waals surface area contributed by atoms with E-state index in [-0.39, 0.29) is 0 Å². The quantitative estimate of drug-likeness (QED) is 0.710. The molecule has 0 spiro atoms. The summed E-state index contributed by atoms with van der Waals surface area (Å²) in [6, 6.07) is 22.8. The van der Waals surface area contributed by atoms with Crippen LogP contribution in [0, 0.1) is 0 Å². The second kappa shape index (κ2) is 5.92. The number of para-hydroxylation sites is 1. The number of rotatable bonds is 2. The minimum Gasteiger partial charge on any atom is -0.363 e. The molecule has 1 atom stereocenters. The van der Waals surface area contributed by atoms with Crippen molar-refractivity contribution in [3.05, 3.63) is 95.0 Å². The smallest absolute Gasteiger partial charge is 0.329 e. The maximum atomic E-state index is 12.9. The Kier molecular flexibility index (Phi) is 3.71. The zero-order chi connectivity index (χ0) is 17.4. The molecule has 1 unspecified atom stereocenters. The number of halogens is 1. The Labute approximate surface area is 150 Å². The highest BCUT2D eigenvalue weighted by atomic mass is 35.5. The maximum Gasteiger partial charge on any atom is 0.329 e. The van der Waals surface area contributed by atoms with Gasteiger partial charge in [0.05, 0.1) is 5.69 Å². The molecule has 0 saturated carbocycles. The fourth-order valence-electron chi connectivity index (χ4n) is 3.19. The number of benzene rings is 3. The predicted octanol–water partition coefficient (Wildman–Crippen LogP) is 4.59. The topological polar surface area (TPSA) is 52.6 Å². The van der Waals surface area contributed by atoms with Crippen LogP contribution in [0.2, 0.25) is 5.02 Å². The van der Waals surface area contributed by atoms with E-state index in [0.717, 1.165) is 0 Å². The average Bonchev–Trinajstić information content (AvgIpc) is 2.64. The fourth-order valence-corrected chi connectivity index (χ4v) is 3.36. The number of aliphatic hydroxyl groups is 1. The van der Waals surface area contributed by atoms with E-state index < -0.39 is 11.8 Å². The third-order valence-corrected chi connectivity index (χ3v) is 4.55. The maximum absolute atomic E-state index is 12.9. The normalized spacial score (nSPS) is 19.3. The molecule has 3 aromatic carbocycles. The Morgan fingerprint density at radius 2 is 1.56 bits per heavy atom. The van der Waals surface area contributed by atoms with Gasteiger partial charge in [-0.2, -0.15) is 0 Å². The minimum atomic E-state index is -1.68. The summed E-state index contributed by atoms with van der Waals surface area (Å²) in [7, 11) is 0. The first-order valence-electron chi connectivity index (χ1n) is 7.85. The molecule has 2 amide bonds. The highest BCUT2D eigenvalue weighted by molar-refractivity contribution is 6.30. The third kappa shape index (κ3) is 2.47. The predicted molar refractivity (Wildman–Crippen MR) is 98.8 cm³/mol. The first kappa shape index (κ1) is 15.7. The van der Waals surface area contributed by atoms with E-state index >= 15 is 0 Å². The molecule has 1 heterocycles. The van der Waals surface area contributed by atoms with Gasteiger partial charge in [-0.05, 0) is 30.3 Å². The summed E-state index contributed by atoms with van der Waals surface area (Å²) in [5, 5.41) is 15.1. The molecule has 0 radical (unpaired) electrons. The zero-order valence-electron chi connectivity index (χ0n) is 13.2. The number of amides is 2. The van der Waals surface area contributed by atoms with Gasteiger partial charge in [0.1, 0.15) is 0 Å². The van der Waals surface area contributed by atoms with Crippen molar-refractivity contribution >= 4 is 29.0 Å². The number of anilines is 2. The van der Waals surface area contributed by atoms with E-state index in [2.05, 4.69) is 5.32 Å². The van der Waals surface area contributed by atoms with Gasteiger partial charge in [0.2, 0.25) is 5.72 Å². The Bertz CT molecular complexity index is 931. The van der Waals surface area contributed by atoms with Gasteiger partial charge in [0.25, 0.3) is 0 Å². The molecule has 0 fully saturated rings. The van der Waals surface area contributed by atoms with Crippen molar-refractivity contribution in [3.63, 3.8) is 0 Å². The van der Waals surface area contributed by atoms with E-state index in [0.29, 0.717) is 27.5 Å². The van der Waals surface area contributed by atoms with Gasteiger partial charge >= 0.3 is 6.03 Å². The Morgan fingerprint density at radius 1 is 0.920 bits per heavy atom. The summed E-state index contributed by atoms with van der Waals surface area (Å²) in [6.07, 6.45) is 0. The minimum absolute atomic E-state index is 0.410. The molecular formula is C20H15ClN2O2. The molecule has 4 nitrogen and oxygen atoms in total. The van der Waals surface area contributed by atoms with Gasteiger partial charge in [-0.3, -0.25) is 4.90 Å². The highest BCUT2D eigenvalue weighted by Crippen LogP contribution is 2.44. The average molecular weight is 351 g/mol. The third-order valence-electron chi connectivity index (χ3n) is 4.32. The van der Waals surface area contributed by atoms with Crippen LogP contribution < -0.4 is 10.2 Å². The van der Waals surface area contributed by atoms with Crippen molar-refractivity contribution in [2.24, 2.45) is 0 Å². The van der Waals surface area contributed by atoms with Crippen LogP contribution in [0.15, 0.2) is 78.9 Å². The molecule has 1 aliphatic heterocycles. The van der Waals surface area contributed by atoms with Crippen molar-refractivity contribution in [3.8, 4) is 0 Å². The number of urea groups is 1. The van der Waals surface area contributed by atoms with Crippen LogP contribution in [0.25, 0.3) is 0 Å². The summed E-state index contributed by atoms with van der Waals surface area (Å²) in [4.78, 5) is 14.2. The van der Waals surface area contributed by atoms with Crippen LogP contribution >= 0.6 is 11.6 Å². The summed E-state index contributed by atoms with van der Waals surface area (Å²) in [6.45, 7) is 0. The van der Waals surface area contributed by atoms with Crippen molar-refractivity contribution in [1.29, 1.82) is 0 Å². The van der Waals surface area contributed by atoms with Crippen LogP contribution in [-0.2, 0) is 5.72 Å². The molecule has 5 heteroatoms.